The van der Waals surface area contributed by atoms with E-state index in [1.165, 1.54) is 31.7 Å². The summed E-state index contributed by atoms with van der Waals surface area (Å²) in [6, 6.07) is 0.166. The van der Waals surface area contributed by atoms with Crippen molar-refractivity contribution in [2.75, 3.05) is 11.9 Å². The van der Waals surface area contributed by atoms with E-state index in [0.717, 1.165) is 12.8 Å². The van der Waals surface area contributed by atoms with E-state index >= 15 is 0 Å². The summed E-state index contributed by atoms with van der Waals surface area (Å²) in [5.74, 6) is -1.53. The van der Waals surface area contributed by atoms with Gasteiger partial charge in [-0.2, -0.15) is 0 Å². The molecule has 0 amide bonds. The zero-order valence-electron chi connectivity index (χ0n) is 17.7. The molecule has 0 unspecified atom stereocenters. The number of ether oxygens (including phenoxy) is 4. The van der Waals surface area contributed by atoms with E-state index in [0.29, 0.717) is 5.95 Å². The summed E-state index contributed by atoms with van der Waals surface area (Å²) in [5, 5.41) is 3.22. The predicted molar refractivity (Wildman–Crippen MR) is 106 cm³/mol. The standard InChI is InChI=1S/C19H23N5O8/c1-8(25)29-6-12-14(30-9(2)26)15(31-10(3)27)18(32-12)24-16-13(17(28)21-7-20-16)23-19(24)22-11-4-5-11/h7,11-12,14-15,18H,4-6H2,1-3H3,(H,22,23)(H,20,21,28)/t12-,14-,15-,18-/m1/s1. The Morgan fingerprint density at radius 1 is 1.16 bits per heavy atom. The molecule has 3 heterocycles. The van der Waals surface area contributed by atoms with Crippen molar-refractivity contribution in [1.29, 1.82) is 0 Å². The predicted octanol–water partition coefficient (Wildman–Crippen LogP) is 0.0178. The minimum Gasteiger partial charge on any atom is -0.463 e. The van der Waals surface area contributed by atoms with Gasteiger partial charge in [-0.05, 0) is 12.8 Å². The van der Waals surface area contributed by atoms with Crippen molar-refractivity contribution in [3.8, 4) is 0 Å². The number of H-pyrrole nitrogens is 1. The van der Waals surface area contributed by atoms with Crippen LogP contribution >= 0.6 is 0 Å². The molecule has 4 atom stereocenters. The number of esters is 3. The minimum atomic E-state index is -1.12. The molecule has 0 aromatic carbocycles. The van der Waals surface area contributed by atoms with Crippen LogP contribution in [-0.4, -0.2) is 68.4 Å². The molecule has 0 bridgehead atoms. The zero-order valence-corrected chi connectivity index (χ0v) is 17.7. The fraction of sp³-hybridized carbons (Fsp3) is 0.579. The maximum atomic E-state index is 12.3. The number of nitrogens with one attached hydrogen (secondary N) is 2. The van der Waals surface area contributed by atoms with Gasteiger partial charge < -0.3 is 29.2 Å². The van der Waals surface area contributed by atoms with Gasteiger partial charge >= 0.3 is 17.9 Å². The van der Waals surface area contributed by atoms with E-state index in [4.69, 9.17) is 18.9 Å². The van der Waals surface area contributed by atoms with Gasteiger partial charge in [-0.15, -0.1) is 0 Å². The number of hydrogen-bond donors (Lipinski definition) is 2. The summed E-state index contributed by atoms with van der Waals surface area (Å²) in [5.41, 5.74) is -0.204. The Kier molecular flexibility index (Phi) is 5.82. The fourth-order valence-corrected chi connectivity index (χ4v) is 3.57. The number of nitrogens with zero attached hydrogens (tertiary/aromatic N) is 3. The number of hydrogen-bond acceptors (Lipinski definition) is 11. The van der Waals surface area contributed by atoms with Crippen molar-refractivity contribution in [3.05, 3.63) is 16.7 Å². The Morgan fingerprint density at radius 2 is 1.84 bits per heavy atom. The van der Waals surface area contributed by atoms with Crippen LogP contribution in [-0.2, 0) is 33.3 Å². The van der Waals surface area contributed by atoms with Gasteiger partial charge in [0.25, 0.3) is 5.56 Å². The average molecular weight is 449 g/mol. The van der Waals surface area contributed by atoms with Gasteiger partial charge in [0.15, 0.2) is 29.6 Å². The highest BCUT2D eigenvalue weighted by Crippen LogP contribution is 2.38. The molecule has 1 saturated carbocycles. The number of aromatic nitrogens is 4. The molecule has 0 spiro atoms. The van der Waals surface area contributed by atoms with E-state index in [9.17, 15) is 19.2 Å². The highest BCUT2D eigenvalue weighted by atomic mass is 16.7. The second-order valence-corrected chi connectivity index (χ2v) is 7.64. The molecule has 4 rings (SSSR count). The van der Waals surface area contributed by atoms with Crippen LogP contribution in [0.1, 0.15) is 39.8 Å². The van der Waals surface area contributed by atoms with Crippen LogP contribution < -0.4 is 10.9 Å². The van der Waals surface area contributed by atoms with E-state index in [1.54, 1.807) is 0 Å². The highest BCUT2D eigenvalue weighted by Gasteiger charge is 2.52. The van der Waals surface area contributed by atoms with Gasteiger partial charge in [-0.1, -0.05) is 0 Å². The third-order valence-electron chi connectivity index (χ3n) is 4.99. The average Bonchev–Trinajstić information content (AvgIpc) is 3.36. The monoisotopic (exact) mass is 449 g/mol. The molecule has 1 aliphatic heterocycles. The Hall–Kier alpha value is -3.48. The minimum absolute atomic E-state index is 0.0632. The van der Waals surface area contributed by atoms with Gasteiger partial charge in [0, 0.05) is 26.8 Å². The number of aromatic amines is 1. The first-order chi connectivity index (χ1) is 15.2. The van der Waals surface area contributed by atoms with Gasteiger partial charge in [-0.25, -0.2) is 9.97 Å². The first-order valence-corrected chi connectivity index (χ1v) is 10.1. The lowest BCUT2D eigenvalue weighted by atomic mass is 10.1. The summed E-state index contributed by atoms with van der Waals surface area (Å²) in [7, 11) is 0. The molecule has 13 heteroatoms. The molecule has 2 fully saturated rings. The lowest BCUT2D eigenvalue weighted by Gasteiger charge is -2.24. The maximum absolute atomic E-state index is 12.3. The van der Waals surface area contributed by atoms with Gasteiger partial charge in [0.05, 0.1) is 6.33 Å². The first kappa shape index (κ1) is 21.7. The van der Waals surface area contributed by atoms with Crippen molar-refractivity contribution >= 4 is 35.0 Å². The van der Waals surface area contributed by atoms with Crippen LogP contribution in [0.2, 0.25) is 0 Å². The number of anilines is 1. The molecule has 1 aliphatic carbocycles. The molecular weight excluding hydrogens is 426 g/mol. The number of rotatable bonds is 7. The third kappa shape index (κ3) is 4.42. The molecule has 2 aromatic heterocycles. The lowest BCUT2D eigenvalue weighted by Crippen LogP contribution is -2.40. The molecule has 172 valence electrons. The molecular formula is C19H23N5O8. The number of imidazole rings is 1. The molecule has 2 aliphatic rings. The number of carbonyl (C=O) groups is 3. The van der Waals surface area contributed by atoms with Crippen molar-refractivity contribution in [2.24, 2.45) is 0 Å². The number of carbonyl (C=O) groups excluding carboxylic acids is 3. The molecule has 32 heavy (non-hydrogen) atoms. The Labute approximate surface area is 181 Å². The molecule has 13 nitrogen and oxygen atoms in total. The van der Waals surface area contributed by atoms with E-state index in [1.807, 2.05) is 0 Å². The van der Waals surface area contributed by atoms with Crippen LogP contribution in [0.3, 0.4) is 0 Å². The Bertz CT molecular complexity index is 1110. The SMILES string of the molecule is CC(=O)OC[C@H]1O[C@@H](n2c(NC3CC3)nc3c(=O)[nH]cnc32)[C@H](OC(C)=O)[C@@H]1OC(C)=O. The van der Waals surface area contributed by atoms with Crippen LogP contribution in [0, 0.1) is 0 Å². The van der Waals surface area contributed by atoms with Crippen molar-refractivity contribution < 1.29 is 33.3 Å². The van der Waals surface area contributed by atoms with Crippen LogP contribution in [0.4, 0.5) is 5.95 Å². The van der Waals surface area contributed by atoms with Crippen molar-refractivity contribution in [2.45, 2.75) is 64.2 Å². The first-order valence-electron chi connectivity index (χ1n) is 10.1. The Morgan fingerprint density at radius 3 is 2.47 bits per heavy atom. The second kappa shape index (κ2) is 8.57. The Balaban J connectivity index is 1.80. The van der Waals surface area contributed by atoms with Crippen molar-refractivity contribution in [1.82, 2.24) is 19.5 Å². The van der Waals surface area contributed by atoms with Gasteiger partial charge in [-0.3, -0.25) is 23.7 Å². The smallest absolute Gasteiger partial charge is 0.303 e. The zero-order chi connectivity index (χ0) is 23.0. The van der Waals surface area contributed by atoms with Crippen molar-refractivity contribution in [3.63, 3.8) is 0 Å². The van der Waals surface area contributed by atoms with Crippen LogP contribution in [0.15, 0.2) is 11.1 Å². The second-order valence-electron chi connectivity index (χ2n) is 7.64. The van der Waals surface area contributed by atoms with Gasteiger partial charge in [0.2, 0.25) is 5.95 Å². The summed E-state index contributed by atoms with van der Waals surface area (Å²) in [6.45, 7) is 3.40. The third-order valence-corrected chi connectivity index (χ3v) is 4.99. The van der Waals surface area contributed by atoms with E-state index in [2.05, 4.69) is 20.3 Å². The van der Waals surface area contributed by atoms with Crippen LogP contribution in [0.25, 0.3) is 11.2 Å². The van der Waals surface area contributed by atoms with E-state index in [-0.39, 0.29) is 23.8 Å². The lowest BCUT2D eigenvalue weighted by molar-refractivity contribution is -0.166. The quantitative estimate of drug-likeness (QED) is 0.432. The maximum Gasteiger partial charge on any atom is 0.303 e. The summed E-state index contributed by atoms with van der Waals surface area (Å²) in [4.78, 5) is 58.4. The molecule has 0 radical (unpaired) electrons. The van der Waals surface area contributed by atoms with E-state index < -0.39 is 48.0 Å². The fourth-order valence-electron chi connectivity index (χ4n) is 3.57. The normalized spacial score (nSPS) is 24.8. The summed E-state index contributed by atoms with van der Waals surface area (Å²) >= 11 is 0. The summed E-state index contributed by atoms with van der Waals surface area (Å²) in [6.07, 6.45) is -1.12. The number of fused-ring (bicyclic) bond motifs is 1. The summed E-state index contributed by atoms with van der Waals surface area (Å²) < 4.78 is 23.5. The topological polar surface area (TPSA) is 164 Å². The van der Waals surface area contributed by atoms with Gasteiger partial charge in [0.1, 0.15) is 12.7 Å². The highest BCUT2D eigenvalue weighted by molar-refractivity contribution is 5.74. The molecule has 1 saturated heterocycles. The molecule has 2 aromatic rings. The largest absolute Gasteiger partial charge is 0.463 e. The molecule has 2 N–H and O–H groups in total. The van der Waals surface area contributed by atoms with Crippen LogP contribution in [0.5, 0.6) is 0 Å².